The molecule has 0 aromatic heterocycles. The Morgan fingerprint density at radius 2 is 2.23 bits per heavy atom. The van der Waals surface area contributed by atoms with E-state index in [0.29, 0.717) is 5.92 Å². The number of hydrogen-bond acceptors (Lipinski definition) is 2. The third kappa shape index (κ3) is 9.57. The molecule has 1 atom stereocenters. The van der Waals surface area contributed by atoms with Gasteiger partial charge in [0.05, 0.1) is 13.2 Å². The smallest absolute Gasteiger partial charge is 0.0503 e. The molecule has 0 heterocycles. The summed E-state index contributed by atoms with van der Waals surface area (Å²) in [6.07, 6.45) is 0.980. The summed E-state index contributed by atoms with van der Waals surface area (Å²) in [7, 11) is 0. The summed E-state index contributed by atoms with van der Waals surface area (Å²) in [4.78, 5) is 0. The fourth-order valence-corrected chi connectivity index (χ4v) is 0.981. The highest BCUT2D eigenvalue weighted by molar-refractivity contribution is 4.87. The lowest BCUT2D eigenvalue weighted by atomic mass is 10.2. The molecule has 0 saturated carbocycles. The lowest BCUT2D eigenvalue weighted by Gasteiger charge is -2.12. The van der Waals surface area contributed by atoms with Crippen molar-refractivity contribution >= 4 is 0 Å². The first-order chi connectivity index (χ1) is 6.16. The number of hydrogen-bond donors (Lipinski definition) is 1. The number of rotatable bonds is 8. The molecule has 2 nitrogen and oxygen atoms in total. The molecule has 78 valence electrons. The minimum atomic E-state index is 0.602. The molecule has 1 N–H and O–H groups in total. The lowest BCUT2D eigenvalue weighted by molar-refractivity contribution is 0.107. The minimum absolute atomic E-state index is 0.602. The van der Waals surface area contributed by atoms with E-state index in [1.165, 1.54) is 5.57 Å². The topological polar surface area (TPSA) is 21.3 Å². The van der Waals surface area contributed by atoms with E-state index < -0.39 is 0 Å². The molecule has 0 fully saturated rings. The molecular weight excluding hydrogens is 162 g/mol. The fourth-order valence-electron chi connectivity index (χ4n) is 0.981. The first-order valence-electron chi connectivity index (χ1n) is 5.09. The standard InChI is InChI=1S/C11H23NO/c1-5-12-8-11(4)9-13-7-6-10(2)3/h11-12H,2,5-9H2,1,3-4H3. The molecule has 0 aliphatic heterocycles. The van der Waals surface area contributed by atoms with E-state index in [9.17, 15) is 0 Å². The van der Waals surface area contributed by atoms with Gasteiger partial charge >= 0.3 is 0 Å². The van der Waals surface area contributed by atoms with Crippen molar-refractivity contribution in [3.63, 3.8) is 0 Å². The highest BCUT2D eigenvalue weighted by Gasteiger charge is 2.00. The molecule has 0 spiro atoms. The van der Waals surface area contributed by atoms with Crippen molar-refractivity contribution < 1.29 is 4.74 Å². The Morgan fingerprint density at radius 1 is 1.54 bits per heavy atom. The third-order valence-electron chi connectivity index (χ3n) is 1.82. The van der Waals surface area contributed by atoms with Gasteiger partial charge in [-0.1, -0.05) is 19.4 Å². The van der Waals surface area contributed by atoms with Gasteiger partial charge in [-0.15, -0.1) is 6.58 Å². The van der Waals surface area contributed by atoms with Gasteiger partial charge in [-0.2, -0.15) is 0 Å². The second-order valence-electron chi connectivity index (χ2n) is 3.69. The van der Waals surface area contributed by atoms with E-state index in [1.807, 2.05) is 6.92 Å². The molecular formula is C11H23NO. The van der Waals surface area contributed by atoms with Crippen LogP contribution in [0.3, 0.4) is 0 Å². The largest absolute Gasteiger partial charge is 0.381 e. The Bertz CT molecular complexity index is 134. The van der Waals surface area contributed by atoms with Gasteiger partial charge in [0.2, 0.25) is 0 Å². The minimum Gasteiger partial charge on any atom is -0.381 e. The maximum absolute atomic E-state index is 5.50. The predicted octanol–water partition coefficient (Wildman–Crippen LogP) is 2.21. The van der Waals surface area contributed by atoms with E-state index in [2.05, 4.69) is 25.7 Å². The van der Waals surface area contributed by atoms with Crippen LogP contribution < -0.4 is 5.32 Å². The molecule has 0 aliphatic rings. The van der Waals surface area contributed by atoms with Crippen LogP contribution in [-0.4, -0.2) is 26.3 Å². The molecule has 0 amide bonds. The molecule has 0 aromatic rings. The monoisotopic (exact) mass is 185 g/mol. The molecule has 0 radical (unpaired) electrons. The first kappa shape index (κ1) is 12.7. The van der Waals surface area contributed by atoms with E-state index in [1.54, 1.807) is 0 Å². The van der Waals surface area contributed by atoms with Gasteiger partial charge in [0.25, 0.3) is 0 Å². The SMILES string of the molecule is C=C(C)CCOCC(C)CNCC. The zero-order valence-electron chi connectivity index (χ0n) is 9.23. The maximum Gasteiger partial charge on any atom is 0.0503 e. The summed E-state index contributed by atoms with van der Waals surface area (Å²) in [6, 6.07) is 0. The Labute approximate surface area is 82.4 Å². The molecule has 0 bridgehead atoms. The van der Waals surface area contributed by atoms with Gasteiger partial charge in [-0.3, -0.25) is 0 Å². The van der Waals surface area contributed by atoms with Crippen LogP contribution in [0.1, 0.15) is 27.2 Å². The normalized spacial score (nSPS) is 12.8. The van der Waals surface area contributed by atoms with Crippen LogP contribution in [0.5, 0.6) is 0 Å². The number of ether oxygens (including phenoxy) is 1. The van der Waals surface area contributed by atoms with Crippen molar-refractivity contribution in [3.05, 3.63) is 12.2 Å². The van der Waals surface area contributed by atoms with Gasteiger partial charge in [-0.05, 0) is 32.4 Å². The van der Waals surface area contributed by atoms with Crippen LogP contribution >= 0.6 is 0 Å². The van der Waals surface area contributed by atoms with E-state index in [4.69, 9.17) is 4.74 Å². The summed E-state index contributed by atoms with van der Waals surface area (Å²) < 4.78 is 5.50. The van der Waals surface area contributed by atoms with Gasteiger partial charge in [0, 0.05) is 0 Å². The van der Waals surface area contributed by atoms with Gasteiger partial charge in [0.15, 0.2) is 0 Å². The molecule has 0 saturated heterocycles. The van der Waals surface area contributed by atoms with Crippen molar-refractivity contribution in [2.45, 2.75) is 27.2 Å². The predicted molar refractivity (Wildman–Crippen MR) is 58.0 cm³/mol. The summed E-state index contributed by atoms with van der Waals surface area (Å²) in [5.41, 5.74) is 1.19. The Kier molecular flexibility index (Phi) is 8.05. The van der Waals surface area contributed by atoms with Crippen LogP contribution in [0, 0.1) is 5.92 Å². The van der Waals surface area contributed by atoms with Crippen LogP contribution in [0.25, 0.3) is 0 Å². The first-order valence-corrected chi connectivity index (χ1v) is 5.09. The van der Waals surface area contributed by atoms with Gasteiger partial charge in [-0.25, -0.2) is 0 Å². The van der Waals surface area contributed by atoms with Crippen LogP contribution in [0.4, 0.5) is 0 Å². The molecule has 13 heavy (non-hydrogen) atoms. The lowest BCUT2D eigenvalue weighted by Crippen LogP contribution is -2.23. The second kappa shape index (κ2) is 8.27. The number of nitrogens with one attached hydrogen (secondary N) is 1. The van der Waals surface area contributed by atoms with Gasteiger partial charge < -0.3 is 10.1 Å². The quantitative estimate of drug-likeness (QED) is 0.462. The zero-order chi connectivity index (χ0) is 10.1. The maximum atomic E-state index is 5.50. The second-order valence-corrected chi connectivity index (χ2v) is 3.69. The molecule has 1 unspecified atom stereocenters. The average Bonchev–Trinajstić information content (AvgIpc) is 2.08. The summed E-state index contributed by atoms with van der Waals surface area (Å²) in [6.45, 7) is 13.9. The van der Waals surface area contributed by atoms with Gasteiger partial charge in [0.1, 0.15) is 0 Å². The summed E-state index contributed by atoms with van der Waals surface area (Å²) in [5, 5.41) is 3.30. The Hall–Kier alpha value is -0.340. The third-order valence-corrected chi connectivity index (χ3v) is 1.82. The highest BCUT2D eigenvalue weighted by atomic mass is 16.5. The highest BCUT2D eigenvalue weighted by Crippen LogP contribution is 1.98. The van der Waals surface area contributed by atoms with E-state index >= 15 is 0 Å². The van der Waals surface area contributed by atoms with Crippen LogP contribution in [-0.2, 0) is 4.74 Å². The molecule has 0 aliphatic carbocycles. The van der Waals surface area contributed by atoms with E-state index in [-0.39, 0.29) is 0 Å². The zero-order valence-corrected chi connectivity index (χ0v) is 9.23. The molecule has 0 rings (SSSR count). The molecule has 2 heteroatoms. The van der Waals surface area contributed by atoms with Crippen molar-refractivity contribution in [2.24, 2.45) is 5.92 Å². The summed E-state index contributed by atoms with van der Waals surface area (Å²) >= 11 is 0. The van der Waals surface area contributed by atoms with Crippen molar-refractivity contribution in [1.29, 1.82) is 0 Å². The van der Waals surface area contributed by atoms with Crippen molar-refractivity contribution in [2.75, 3.05) is 26.3 Å². The van der Waals surface area contributed by atoms with Crippen LogP contribution in [0.15, 0.2) is 12.2 Å². The van der Waals surface area contributed by atoms with E-state index in [0.717, 1.165) is 32.7 Å². The fraction of sp³-hybridized carbons (Fsp3) is 0.818. The van der Waals surface area contributed by atoms with Crippen LogP contribution in [0.2, 0.25) is 0 Å². The summed E-state index contributed by atoms with van der Waals surface area (Å²) in [5.74, 6) is 0.602. The molecule has 0 aromatic carbocycles. The van der Waals surface area contributed by atoms with Crippen molar-refractivity contribution in [1.82, 2.24) is 5.32 Å². The Morgan fingerprint density at radius 3 is 2.77 bits per heavy atom. The Balaban J connectivity index is 3.16. The average molecular weight is 185 g/mol. The van der Waals surface area contributed by atoms with Crippen molar-refractivity contribution in [3.8, 4) is 0 Å².